The molecule has 0 bridgehead atoms. The summed E-state index contributed by atoms with van der Waals surface area (Å²) in [6.07, 6.45) is 2.99. The maximum absolute atomic E-state index is 13.2. The lowest BCUT2D eigenvalue weighted by molar-refractivity contribution is 0.603. The normalized spacial score (nSPS) is 13.2. The van der Waals surface area contributed by atoms with Gasteiger partial charge in [-0.2, -0.15) is 0 Å². The van der Waals surface area contributed by atoms with Crippen molar-refractivity contribution < 1.29 is 4.39 Å². The minimum Gasteiger partial charge on any atom is -0.346 e. The van der Waals surface area contributed by atoms with Crippen molar-refractivity contribution in [2.75, 3.05) is 0 Å². The average Bonchev–Trinajstić information content (AvgIpc) is 2.55. The predicted octanol–water partition coefficient (Wildman–Crippen LogP) is 2.69. The zero-order valence-electron chi connectivity index (χ0n) is 9.70. The number of aromatic nitrogens is 1. The quantitative estimate of drug-likeness (QED) is 0.847. The Morgan fingerprint density at radius 2 is 2.19 bits per heavy atom. The molecule has 2 rings (SSSR count). The van der Waals surface area contributed by atoms with E-state index in [0.717, 1.165) is 23.9 Å². The highest BCUT2D eigenvalue weighted by Gasteiger charge is 2.09. The first-order chi connectivity index (χ1) is 7.61. The number of hydrogen-bond donors (Lipinski definition) is 1. The molecule has 2 aromatic rings. The fraction of sp³-hybridized carbons (Fsp3) is 0.385. The molecular formula is C13H17FN2. The van der Waals surface area contributed by atoms with Gasteiger partial charge in [0.1, 0.15) is 5.82 Å². The first-order valence-electron chi connectivity index (χ1n) is 5.64. The van der Waals surface area contributed by atoms with Crippen molar-refractivity contribution in [1.29, 1.82) is 0 Å². The van der Waals surface area contributed by atoms with E-state index < -0.39 is 0 Å². The minimum absolute atomic E-state index is 0.102. The summed E-state index contributed by atoms with van der Waals surface area (Å²) in [5.41, 5.74) is 8.04. The van der Waals surface area contributed by atoms with Crippen LogP contribution < -0.4 is 5.73 Å². The van der Waals surface area contributed by atoms with Gasteiger partial charge >= 0.3 is 0 Å². The molecule has 0 amide bonds. The molecule has 0 spiro atoms. The van der Waals surface area contributed by atoms with Crippen molar-refractivity contribution in [3.63, 3.8) is 0 Å². The fourth-order valence-electron chi connectivity index (χ4n) is 2.09. The van der Waals surface area contributed by atoms with Crippen LogP contribution in [0.3, 0.4) is 0 Å². The summed E-state index contributed by atoms with van der Waals surface area (Å²) in [4.78, 5) is 0. The largest absolute Gasteiger partial charge is 0.346 e. The van der Waals surface area contributed by atoms with E-state index in [9.17, 15) is 4.39 Å². The van der Waals surface area contributed by atoms with Crippen LogP contribution in [0.4, 0.5) is 4.39 Å². The van der Waals surface area contributed by atoms with Gasteiger partial charge in [-0.3, -0.25) is 0 Å². The lowest BCUT2D eigenvalue weighted by Gasteiger charge is -2.07. The lowest BCUT2D eigenvalue weighted by atomic mass is 10.1. The lowest BCUT2D eigenvalue weighted by Crippen LogP contribution is -2.21. The first kappa shape index (κ1) is 11.1. The number of rotatable bonds is 3. The van der Waals surface area contributed by atoms with Gasteiger partial charge in [0.25, 0.3) is 0 Å². The number of aryl methyl sites for hydroxylation is 1. The third kappa shape index (κ3) is 1.95. The number of nitrogens with zero attached hydrogens (tertiary/aromatic N) is 1. The molecule has 1 aromatic carbocycles. The molecule has 0 aliphatic carbocycles. The van der Waals surface area contributed by atoms with Gasteiger partial charge in [0, 0.05) is 29.7 Å². The minimum atomic E-state index is -0.180. The molecule has 2 nitrogen and oxygen atoms in total. The Balaban J connectivity index is 2.58. The third-order valence-corrected chi connectivity index (χ3v) is 2.79. The van der Waals surface area contributed by atoms with E-state index >= 15 is 0 Å². The SMILES string of the molecule is CCc1cn(C[C@H](C)N)c2ccc(F)cc12. The van der Waals surface area contributed by atoms with E-state index in [0.29, 0.717) is 0 Å². The van der Waals surface area contributed by atoms with Crippen LogP contribution in [0.5, 0.6) is 0 Å². The molecule has 86 valence electrons. The Labute approximate surface area is 94.9 Å². The number of fused-ring (bicyclic) bond motifs is 1. The summed E-state index contributed by atoms with van der Waals surface area (Å²) in [5.74, 6) is -0.180. The topological polar surface area (TPSA) is 30.9 Å². The third-order valence-electron chi connectivity index (χ3n) is 2.79. The highest BCUT2D eigenvalue weighted by molar-refractivity contribution is 5.84. The van der Waals surface area contributed by atoms with Gasteiger partial charge in [-0.25, -0.2) is 4.39 Å². The van der Waals surface area contributed by atoms with E-state index in [1.54, 1.807) is 6.07 Å². The smallest absolute Gasteiger partial charge is 0.123 e. The van der Waals surface area contributed by atoms with E-state index in [1.807, 2.05) is 13.0 Å². The van der Waals surface area contributed by atoms with Crippen LogP contribution in [-0.2, 0) is 13.0 Å². The molecule has 16 heavy (non-hydrogen) atoms. The van der Waals surface area contributed by atoms with Crippen LogP contribution in [0.1, 0.15) is 19.4 Å². The molecule has 0 aliphatic rings. The maximum Gasteiger partial charge on any atom is 0.123 e. The monoisotopic (exact) mass is 220 g/mol. The molecule has 3 heteroatoms. The van der Waals surface area contributed by atoms with E-state index in [1.165, 1.54) is 11.6 Å². The molecule has 0 saturated carbocycles. The van der Waals surface area contributed by atoms with Crippen LogP contribution in [0.15, 0.2) is 24.4 Å². The number of hydrogen-bond acceptors (Lipinski definition) is 1. The molecule has 2 N–H and O–H groups in total. The molecule has 1 atom stereocenters. The molecule has 0 radical (unpaired) electrons. The van der Waals surface area contributed by atoms with Crippen molar-refractivity contribution in [2.24, 2.45) is 5.73 Å². The van der Waals surface area contributed by atoms with E-state index in [4.69, 9.17) is 5.73 Å². The van der Waals surface area contributed by atoms with Gasteiger partial charge in [-0.05, 0) is 37.1 Å². The first-order valence-corrected chi connectivity index (χ1v) is 5.64. The summed E-state index contributed by atoms with van der Waals surface area (Å²) in [5, 5.41) is 1.00. The van der Waals surface area contributed by atoms with Gasteiger partial charge < -0.3 is 10.3 Å². The molecule has 0 saturated heterocycles. The Hall–Kier alpha value is -1.35. The van der Waals surface area contributed by atoms with Gasteiger partial charge in [0.05, 0.1) is 0 Å². The summed E-state index contributed by atoms with van der Waals surface area (Å²) in [6, 6.07) is 5.03. The van der Waals surface area contributed by atoms with E-state index in [2.05, 4.69) is 17.7 Å². The average molecular weight is 220 g/mol. The van der Waals surface area contributed by atoms with Crippen LogP contribution >= 0.6 is 0 Å². The zero-order chi connectivity index (χ0) is 11.7. The Morgan fingerprint density at radius 1 is 1.44 bits per heavy atom. The Morgan fingerprint density at radius 3 is 2.81 bits per heavy atom. The molecular weight excluding hydrogens is 203 g/mol. The summed E-state index contributed by atoms with van der Waals surface area (Å²) in [7, 11) is 0. The van der Waals surface area contributed by atoms with Crippen molar-refractivity contribution in [3.05, 3.63) is 35.8 Å². The highest BCUT2D eigenvalue weighted by atomic mass is 19.1. The fourth-order valence-corrected chi connectivity index (χ4v) is 2.09. The molecule has 1 aromatic heterocycles. The van der Waals surface area contributed by atoms with Gasteiger partial charge in [-0.1, -0.05) is 6.92 Å². The second-order valence-corrected chi connectivity index (χ2v) is 4.30. The van der Waals surface area contributed by atoms with Crippen molar-refractivity contribution in [3.8, 4) is 0 Å². The standard InChI is InChI=1S/C13H17FN2/c1-3-10-8-16(7-9(2)15)13-5-4-11(14)6-12(10)13/h4-6,8-9H,3,7,15H2,1-2H3/t9-/m0/s1. The maximum atomic E-state index is 13.2. The van der Waals surface area contributed by atoms with Gasteiger partial charge in [-0.15, -0.1) is 0 Å². The predicted molar refractivity (Wildman–Crippen MR) is 64.9 cm³/mol. The molecule has 0 fully saturated rings. The second kappa shape index (κ2) is 4.26. The summed E-state index contributed by atoms with van der Waals surface area (Å²) in [6.45, 7) is 4.82. The van der Waals surface area contributed by atoms with Gasteiger partial charge in [0.15, 0.2) is 0 Å². The van der Waals surface area contributed by atoms with Crippen molar-refractivity contribution in [2.45, 2.75) is 32.9 Å². The zero-order valence-corrected chi connectivity index (χ0v) is 9.70. The second-order valence-electron chi connectivity index (χ2n) is 4.30. The number of halogens is 1. The van der Waals surface area contributed by atoms with Gasteiger partial charge in [0.2, 0.25) is 0 Å². The van der Waals surface area contributed by atoms with Crippen LogP contribution in [0.2, 0.25) is 0 Å². The Bertz CT molecular complexity index is 500. The molecule has 0 aliphatic heterocycles. The van der Waals surface area contributed by atoms with Crippen molar-refractivity contribution >= 4 is 10.9 Å². The van der Waals surface area contributed by atoms with Crippen molar-refractivity contribution in [1.82, 2.24) is 4.57 Å². The summed E-state index contributed by atoms with van der Waals surface area (Å²) >= 11 is 0. The van der Waals surface area contributed by atoms with Crippen LogP contribution in [0.25, 0.3) is 10.9 Å². The van der Waals surface area contributed by atoms with Crippen LogP contribution in [0, 0.1) is 5.82 Å². The number of benzene rings is 1. The molecule has 1 heterocycles. The van der Waals surface area contributed by atoms with Crippen LogP contribution in [-0.4, -0.2) is 10.6 Å². The van der Waals surface area contributed by atoms with E-state index in [-0.39, 0.29) is 11.9 Å². The molecule has 0 unspecified atom stereocenters. The number of nitrogens with two attached hydrogens (primary N) is 1. The Kier molecular flexibility index (Phi) is 2.97. The summed E-state index contributed by atoms with van der Waals surface area (Å²) < 4.78 is 15.3. The highest BCUT2D eigenvalue weighted by Crippen LogP contribution is 2.23.